The predicted molar refractivity (Wildman–Crippen MR) is 365 cm³/mol. The van der Waals surface area contributed by atoms with Crippen LogP contribution in [0.1, 0.15) is 278 Å². The zero-order valence-electron chi connectivity index (χ0n) is 54.8. The van der Waals surface area contributed by atoms with Crippen molar-refractivity contribution in [1.29, 1.82) is 0 Å². The SMILES string of the molecule is CCCCC/C=C\C/C=C\CCCCCCC(O)CN(CCCC(=O)OCCN1CCN(CCSSCCCN(CC(O)CCCCCCCC)CC(O)CCCCCCCC)CC1)CC(O)CCCCCC/C=C\C/C=C\CCCCC. The molecule has 0 aromatic carbocycles. The van der Waals surface area contributed by atoms with Crippen molar-refractivity contribution >= 4 is 27.6 Å². The molecule has 4 unspecified atom stereocenters. The molecule has 0 aromatic heterocycles. The van der Waals surface area contributed by atoms with Crippen molar-refractivity contribution < 1.29 is 30.0 Å². The van der Waals surface area contributed by atoms with Crippen LogP contribution < -0.4 is 0 Å². The number of carbonyl (C=O) groups excluding carboxylic acids is 1. The summed E-state index contributed by atoms with van der Waals surface area (Å²) in [6.07, 6.45) is 60.6. The average molecular weight is 1210 g/mol. The lowest BCUT2D eigenvalue weighted by Crippen LogP contribution is -2.47. The number of unbranched alkanes of at least 4 members (excludes halogenated alkanes) is 24. The van der Waals surface area contributed by atoms with Crippen molar-refractivity contribution in [1.82, 2.24) is 19.6 Å². The first-order valence-electron chi connectivity index (χ1n) is 35.3. The van der Waals surface area contributed by atoms with Crippen LogP contribution in [-0.2, 0) is 9.53 Å². The Kier molecular flexibility index (Phi) is 60.0. The predicted octanol–water partition coefficient (Wildman–Crippen LogP) is 17.1. The van der Waals surface area contributed by atoms with E-state index < -0.39 is 12.2 Å². The fourth-order valence-corrected chi connectivity index (χ4v) is 13.2. The van der Waals surface area contributed by atoms with Gasteiger partial charge in [0.05, 0.1) is 24.4 Å². The smallest absolute Gasteiger partial charge is 0.305 e. The number of rotatable bonds is 63. The molecule has 1 heterocycles. The molecule has 4 atom stereocenters. The van der Waals surface area contributed by atoms with Crippen molar-refractivity contribution in [3.8, 4) is 0 Å². The van der Waals surface area contributed by atoms with Crippen LogP contribution in [0.4, 0.5) is 0 Å². The van der Waals surface area contributed by atoms with Gasteiger partial charge in [-0.15, -0.1) is 0 Å². The summed E-state index contributed by atoms with van der Waals surface area (Å²) in [6.45, 7) is 19.3. The second-order valence-electron chi connectivity index (χ2n) is 24.6. The summed E-state index contributed by atoms with van der Waals surface area (Å²) in [5, 5.41) is 44.2. The molecule has 0 spiro atoms. The minimum Gasteiger partial charge on any atom is -0.464 e. The van der Waals surface area contributed by atoms with Crippen LogP contribution in [0.2, 0.25) is 0 Å². The minimum atomic E-state index is -0.440. The van der Waals surface area contributed by atoms with Gasteiger partial charge in [-0.2, -0.15) is 0 Å². The first-order valence-corrected chi connectivity index (χ1v) is 37.8. The highest BCUT2D eigenvalue weighted by atomic mass is 33.1. The Morgan fingerprint density at radius 1 is 0.410 bits per heavy atom. The molecule has 10 nitrogen and oxygen atoms in total. The molecule has 1 fully saturated rings. The Balaban J connectivity index is 2.42. The highest BCUT2D eigenvalue weighted by Crippen LogP contribution is 2.23. The Hall–Kier alpha value is -1.19. The molecule has 83 heavy (non-hydrogen) atoms. The standard InChI is InChI=1S/C71H136N4O6S2/c1-5-9-13-17-21-23-25-27-29-31-33-35-39-43-49-67(76)63-74(64-68(77)50-44-40-36-34-32-30-28-26-24-22-18-14-10-6-2)52-45-51-71(80)81-60-58-72-54-56-73(57-55-72)59-62-83-82-61-46-53-75(65-69(78)47-41-37-19-15-11-7-3)66-70(79)48-42-38-20-16-12-8-4/h21-24,27-30,67-70,76-79H,5-20,25-26,31-66H2,1-4H3/b23-21-,24-22-,29-27-,30-28-. The second-order valence-corrected chi connectivity index (χ2v) is 27.3. The molecule has 0 bridgehead atoms. The summed E-state index contributed by atoms with van der Waals surface area (Å²) in [4.78, 5) is 22.4. The molecule has 0 saturated carbocycles. The monoisotopic (exact) mass is 1200 g/mol. The highest BCUT2D eigenvalue weighted by Gasteiger charge is 2.20. The van der Waals surface area contributed by atoms with E-state index in [1.807, 2.05) is 21.6 Å². The number of aliphatic hydroxyl groups excluding tert-OH is 4. The summed E-state index contributed by atoms with van der Waals surface area (Å²) in [6, 6.07) is 0. The van der Waals surface area contributed by atoms with E-state index in [9.17, 15) is 25.2 Å². The maximum absolute atomic E-state index is 12.9. The molecule has 4 N–H and O–H groups in total. The van der Waals surface area contributed by atoms with E-state index in [0.29, 0.717) is 52.2 Å². The third kappa shape index (κ3) is 55.8. The van der Waals surface area contributed by atoms with Crippen LogP contribution in [0.3, 0.4) is 0 Å². The summed E-state index contributed by atoms with van der Waals surface area (Å²) in [5.74, 6) is 2.02. The molecular weight excluding hydrogens is 1070 g/mol. The molecule has 488 valence electrons. The number of ether oxygens (including phenoxy) is 1. The summed E-state index contributed by atoms with van der Waals surface area (Å²) in [5.41, 5.74) is 0. The molecule has 1 aliphatic rings. The van der Waals surface area contributed by atoms with Gasteiger partial charge >= 0.3 is 5.97 Å². The van der Waals surface area contributed by atoms with Gasteiger partial charge in [0.1, 0.15) is 6.61 Å². The van der Waals surface area contributed by atoms with Gasteiger partial charge in [0.2, 0.25) is 0 Å². The summed E-state index contributed by atoms with van der Waals surface area (Å²) < 4.78 is 5.75. The Morgan fingerprint density at radius 2 is 0.735 bits per heavy atom. The molecule has 0 radical (unpaired) electrons. The third-order valence-corrected chi connectivity index (χ3v) is 18.9. The minimum absolute atomic E-state index is 0.156. The van der Waals surface area contributed by atoms with Gasteiger partial charge < -0.3 is 25.2 Å². The van der Waals surface area contributed by atoms with E-state index in [1.54, 1.807) is 0 Å². The number of esters is 1. The van der Waals surface area contributed by atoms with Gasteiger partial charge in [0.25, 0.3) is 0 Å². The van der Waals surface area contributed by atoms with Gasteiger partial charge in [-0.1, -0.05) is 239 Å². The number of hydrogen-bond donors (Lipinski definition) is 4. The summed E-state index contributed by atoms with van der Waals surface area (Å²) >= 11 is 0. The lowest BCUT2D eigenvalue weighted by atomic mass is 10.1. The Bertz CT molecular complexity index is 1410. The number of hydrogen-bond acceptors (Lipinski definition) is 12. The van der Waals surface area contributed by atoms with Crippen molar-refractivity contribution in [3.05, 3.63) is 48.6 Å². The van der Waals surface area contributed by atoms with Crippen LogP contribution in [0.15, 0.2) is 48.6 Å². The van der Waals surface area contributed by atoms with Crippen LogP contribution >= 0.6 is 21.6 Å². The second kappa shape index (κ2) is 62.4. The van der Waals surface area contributed by atoms with Crippen molar-refractivity contribution in [2.24, 2.45) is 0 Å². The lowest BCUT2D eigenvalue weighted by molar-refractivity contribution is -0.144. The van der Waals surface area contributed by atoms with Crippen LogP contribution in [0.5, 0.6) is 0 Å². The summed E-state index contributed by atoms with van der Waals surface area (Å²) in [7, 11) is 3.93. The van der Waals surface area contributed by atoms with E-state index in [2.05, 4.69) is 95.9 Å². The molecule has 0 aliphatic carbocycles. The largest absolute Gasteiger partial charge is 0.464 e. The normalized spacial score (nSPS) is 15.4. The molecule has 0 amide bonds. The maximum Gasteiger partial charge on any atom is 0.305 e. The van der Waals surface area contributed by atoms with E-state index in [1.165, 1.54) is 141 Å². The first-order chi connectivity index (χ1) is 40.7. The van der Waals surface area contributed by atoms with Crippen molar-refractivity contribution in [2.45, 2.75) is 303 Å². The zero-order chi connectivity index (χ0) is 60.2. The number of piperazine rings is 1. The fraction of sp³-hybridized carbons (Fsp3) is 0.873. The van der Waals surface area contributed by atoms with E-state index >= 15 is 0 Å². The molecule has 1 rings (SSSR count). The fourth-order valence-electron chi connectivity index (χ4n) is 11.1. The number of carbonyl (C=O) groups is 1. The van der Waals surface area contributed by atoms with Gasteiger partial charge in [-0.25, -0.2) is 0 Å². The molecule has 1 aliphatic heterocycles. The van der Waals surface area contributed by atoms with Crippen LogP contribution in [0, 0.1) is 0 Å². The topological polar surface area (TPSA) is 120 Å². The molecule has 12 heteroatoms. The number of allylic oxidation sites excluding steroid dienone is 8. The quantitative estimate of drug-likeness (QED) is 0.0201. The average Bonchev–Trinajstić information content (AvgIpc) is 3.49. The van der Waals surface area contributed by atoms with E-state index in [4.69, 9.17) is 4.74 Å². The Morgan fingerprint density at radius 3 is 1.14 bits per heavy atom. The van der Waals surface area contributed by atoms with Crippen LogP contribution in [-0.4, -0.2) is 167 Å². The van der Waals surface area contributed by atoms with Gasteiger partial charge in [0, 0.05) is 83.4 Å². The van der Waals surface area contributed by atoms with Crippen molar-refractivity contribution in [3.63, 3.8) is 0 Å². The molecule has 0 aromatic rings. The Labute approximate surface area is 522 Å². The zero-order valence-corrected chi connectivity index (χ0v) is 56.5. The molecular formula is C71H136N4O6S2. The van der Waals surface area contributed by atoms with Crippen molar-refractivity contribution in [2.75, 3.05) is 96.6 Å². The third-order valence-electron chi connectivity index (χ3n) is 16.4. The number of nitrogens with zero attached hydrogens (tertiary/aromatic N) is 4. The highest BCUT2D eigenvalue weighted by molar-refractivity contribution is 8.76. The van der Waals surface area contributed by atoms with Gasteiger partial charge in [-0.05, 0) is 116 Å². The van der Waals surface area contributed by atoms with E-state index in [-0.39, 0.29) is 18.2 Å². The molecule has 1 saturated heterocycles. The van der Waals surface area contributed by atoms with Gasteiger partial charge in [-0.3, -0.25) is 24.4 Å². The van der Waals surface area contributed by atoms with Crippen LogP contribution in [0.25, 0.3) is 0 Å². The van der Waals surface area contributed by atoms with E-state index in [0.717, 1.165) is 154 Å². The lowest BCUT2D eigenvalue weighted by Gasteiger charge is -2.34. The first kappa shape index (κ1) is 79.8. The number of aliphatic hydroxyl groups is 4. The maximum atomic E-state index is 12.9. The van der Waals surface area contributed by atoms with Gasteiger partial charge in [0.15, 0.2) is 0 Å².